The normalized spacial score (nSPS) is 20.0. The fraction of sp³-hybridized carbons (Fsp3) is 0.0750. The van der Waals surface area contributed by atoms with Crippen LogP contribution in [0.3, 0.4) is 0 Å². The van der Waals surface area contributed by atoms with E-state index in [2.05, 4.69) is 308 Å². The van der Waals surface area contributed by atoms with Gasteiger partial charge in [0.2, 0.25) is 0 Å². The summed E-state index contributed by atoms with van der Waals surface area (Å²) in [6, 6.07) is 89.8. The zero-order chi connectivity index (χ0) is 56.7. The molecule has 2 aliphatic heterocycles. The van der Waals surface area contributed by atoms with Gasteiger partial charge in [0.25, 0.3) is 0 Å². The molecule has 3 aliphatic carbocycles. The first-order valence-electron chi connectivity index (χ1n) is 29.7. The Morgan fingerprint density at radius 2 is 1.07 bits per heavy atom. The van der Waals surface area contributed by atoms with E-state index in [1.165, 1.54) is 63.3 Å². The van der Waals surface area contributed by atoms with Gasteiger partial charge in [-0.15, -0.1) is 11.3 Å². The molecule has 0 radical (unpaired) electrons. The third-order valence-electron chi connectivity index (χ3n) is 19.1. The lowest BCUT2D eigenvalue weighted by molar-refractivity contribution is 0.229. The molecule has 4 nitrogen and oxygen atoms in total. The van der Waals surface area contributed by atoms with Crippen LogP contribution in [0.5, 0.6) is 5.75 Å². The molecule has 5 atom stereocenters. The van der Waals surface area contributed by atoms with Crippen LogP contribution in [0.4, 0.5) is 34.1 Å². The smallest absolute Gasteiger partial charge is 0.145 e. The minimum atomic E-state index is -0.493. The summed E-state index contributed by atoms with van der Waals surface area (Å²) in [5.41, 5.74) is 18.7. The zero-order valence-corrected chi connectivity index (χ0v) is 48.6. The maximum atomic E-state index is 6.96. The van der Waals surface area contributed by atoms with Gasteiger partial charge in [0.1, 0.15) is 23.0 Å². The van der Waals surface area contributed by atoms with Crippen molar-refractivity contribution in [3.05, 3.63) is 319 Å². The molecule has 6 heteroatoms. The molecule has 0 fully saturated rings. The molecular weight excluding hydrogens is 1090 g/mol. The Balaban J connectivity index is 0.851. The second-order valence-electron chi connectivity index (χ2n) is 23.5. The maximum absolute atomic E-state index is 6.96. The Hall–Kier alpha value is -9.85. The average Bonchev–Trinajstić information content (AvgIpc) is 1.49. The van der Waals surface area contributed by atoms with Gasteiger partial charge in [-0.1, -0.05) is 218 Å². The second kappa shape index (κ2) is 19.1. The molecule has 2 aromatic heterocycles. The Bertz CT molecular complexity index is 5070. The summed E-state index contributed by atoms with van der Waals surface area (Å²) in [5, 5.41) is 4.63. The summed E-state index contributed by atoms with van der Waals surface area (Å²) >= 11 is 3.77. The van der Waals surface area contributed by atoms with Crippen molar-refractivity contribution in [2.75, 3.05) is 9.80 Å². The standard InChI is InChI=1S/C80H54N2O2S2/c1-79-47-20-19-38-73(79)84-76-58(32-21-35-66(76)79)59-42-46-68(75-61-31-14-18-37-70(61)86-78(59)75)82(52-26-9-4-10-27-52)54-40-44-65-72(49-54)85-71-48-53(39-43-64(71)80(65)62-33-15-11-28-56(62)57-29-12-16-34-63(57)80)81(51-24-7-3-8-25-51)67-45-41-55(50-22-5-2-6-23-50)77-74(67)60-30-13-17-36-69(60)83-77/h2-49,56,62,73H,1H3. The monoisotopic (exact) mass is 1140 g/mol. The lowest BCUT2D eigenvalue weighted by Crippen LogP contribution is -2.37. The number of allylic oxidation sites excluding steroid dienone is 6. The van der Waals surface area contributed by atoms with Crippen LogP contribution in [0, 0.1) is 5.92 Å². The molecule has 0 bridgehead atoms. The fourth-order valence-electron chi connectivity index (χ4n) is 15.3. The highest BCUT2D eigenvalue weighted by atomic mass is 32.2. The number of benzene rings is 11. The molecule has 0 saturated heterocycles. The molecular formula is C80H54N2O2S2. The lowest BCUT2D eigenvalue weighted by Gasteiger charge is -2.44. The molecule has 11 aromatic carbocycles. The first-order valence-corrected chi connectivity index (χ1v) is 31.4. The number of ether oxygens (including phenoxy) is 1. The Kier molecular flexibility index (Phi) is 11.0. The van der Waals surface area contributed by atoms with Crippen molar-refractivity contribution >= 4 is 99.3 Å². The fourth-order valence-corrected chi connectivity index (χ4v) is 17.8. The SMILES string of the molecule is CC12C=CC=CC1Oc1c(-c3ccc(N(c4ccccc4)c4ccc5c(c4)Sc4cc(N(c6ccccc6)c6ccc(-c7ccccc7)c7oc8ccccc8c67)ccc4C54c5ccccc5C5C=CC=CC54)c4c3sc3ccccc34)cccc12. The van der Waals surface area contributed by atoms with Gasteiger partial charge in [-0.05, 0) is 120 Å². The number of furan rings is 1. The summed E-state index contributed by atoms with van der Waals surface area (Å²) < 4.78 is 16.4. The van der Waals surface area contributed by atoms with Crippen molar-refractivity contribution in [1.29, 1.82) is 0 Å². The van der Waals surface area contributed by atoms with Crippen LogP contribution in [-0.4, -0.2) is 6.10 Å². The third kappa shape index (κ3) is 7.11. The number of para-hydroxylation sites is 4. The number of hydrogen-bond acceptors (Lipinski definition) is 6. The lowest BCUT2D eigenvalue weighted by atomic mass is 9.63. The Morgan fingerprint density at radius 1 is 0.453 bits per heavy atom. The number of nitrogens with zero attached hydrogens (tertiary/aromatic N) is 2. The van der Waals surface area contributed by atoms with E-state index >= 15 is 0 Å². The minimum Gasteiger partial charge on any atom is -0.484 e. The minimum absolute atomic E-state index is 0.0579. The summed E-state index contributed by atoms with van der Waals surface area (Å²) in [6.07, 6.45) is 18.2. The van der Waals surface area contributed by atoms with E-state index in [0.29, 0.717) is 0 Å². The maximum Gasteiger partial charge on any atom is 0.145 e. The average molecular weight is 1140 g/mol. The van der Waals surface area contributed by atoms with Crippen molar-refractivity contribution in [1.82, 2.24) is 0 Å². The molecule has 4 heterocycles. The van der Waals surface area contributed by atoms with Gasteiger partial charge >= 0.3 is 0 Å². The predicted molar refractivity (Wildman–Crippen MR) is 358 cm³/mol. The van der Waals surface area contributed by atoms with Crippen molar-refractivity contribution in [2.24, 2.45) is 5.92 Å². The van der Waals surface area contributed by atoms with E-state index < -0.39 is 5.41 Å². The summed E-state index contributed by atoms with van der Waals surface area (Å²) in [7, 11) is 0. The van der Waals surface area contributed by atoms with Gasteiger partial charge in [-0.2, -0.15) is 0 Å². The predicted octanol–water partition coefficient (Wildman–Crippen LogP) is 22.0. The molecule has 0 saturated carbocycles. The van der Waals surface area contributed by atoms with E-state index in [4.69, 9.17) is 9.15 Å². The topological polar surface area (TPSA) is 28.9 Å². The zero-order valence-electron chi connectivity index (χ0n) is 47.0. The molecule has 0 amide bonds. The Morgan fingerprint density at radius 3 is 1.83 bits per heavy atom. The van der Waals surface area contributed by atoms with Gasteiger partial charge in [-0.25, -0.2) is 0 Å². The Labute approximate surface area is 507 Å². The molecule has 0 N–H and O–H groups in total. The number of fused-ring (bicyclic) bond motifs is 18. The van der Waals surface area contributed by atoms with Crippen LogP contribution in [0.15, 0.2) is 305 Å². The highest BCUT2D eigenvalue weighted by Gasteiger charge is 2.56. The summed E-state index contributed by atoms with van der Waals surface area (Å²) in [5.74, 6) is 1.33. The molecule has 1 spiro atoms. The number of rotatable bonds is 8. The van der Waals surface area contributed by atoms with Crippen molar-refractivity contribution in [3.63, 3.8) is 0 Å². The van der Waals surface area contributed by atoms with Crippen LogP contribution < -0.4 is 14.5 Å². The van der Waals surface area contributed by atoms with Crippen LogP contribution in [0.25, 0.3) is 64.4 Å². The molecule has 86 heavy (non-hydrogen) atoms. The molecule has 18 rings (SSSR count). The third-order valence-corrected chi connectivity index (χ3v) is 21.4. The van der Waals surface area contributed by atoms with E-state index in [9.17, 15) is 0 Å². The van der Waals surface area contributed by atoms with Crippen LogP contribution in [-0.2, 0) is 10.8 Å². The molecule has 5 unspecified atom stereocenters. The van der Waals surface area contributed by atoms with Crippen molar-refractivity contribution in [3.8, 4) is 28.0 Å². The molecule has 13 aromatic rings. The number of hydrogen-bond donors (Lipinski definition) is 0. The van der Waals surface area contributed by atoms with E-state index in [0.717, 1.165) is 78.5 Å². The molecule has 5 aliphatic rings. The van der Waals surface area contributed by atoms with Gasteiger partial charge in [0, 0.05) is 92.2 Å². The summed E-state index contributed by atoms with van der Waals surface area (Å²) in [4.78, 5) is 7.43. The van der Waals surface area contributed by atoms with E-state index in [-0.39, 0.29) is 23.4 Å². The first-order chi connectivity index (χ1) is 42.5. The quantitative estimate of drug-likeness (QED) is 0.151. The highest BCUT2D eigenvalue weighted by molar-refractivity contribution is 7.99. The largest absolute Gasteiger partial charge is 0.484 e. The second-order valence-corrected chi connectivity index (χ2v) is 25.6. The summed E-state index contributed by atoms with van der Waals surface area (Å²) in [6.45, 7) is 2.30. The number of thiophene rings is 1. The van der Waals surface area contributed by atoms with Gasteiger partial charge in [-0.3, -0.25) is 0 Å². The number of anilines is 6. The van der Waals surface area contributed by atoms with Crippen molar-refractivity contribution in [2.45, 2.75) is 39.6 Å². The first kappa shape index (κ1) is 49.6. The van der Waals surface area contributed by atoms with E-state index in [1.54, 1.807) is 0 Å². The van der Waals surface area contributed by atoms with Gasteiger partial charge in [0.15, 0.2) is 0 Å². The van der Waals surface area contributed by atoms with Crippen LogP contribution in [0.1, 0.15) is 40.7 Å². The van der Waals surface area contributed by atoms with Gasteiger partial charge in [0.05, 0.1) is 27.6 Å². The highest BCUT2D eigenvalue weighted by Crippen LogP contribution is 2.66. The van der Waals surface area contributed by atoms with Gasteiger partial charge < -0.3 is 19.0 Å². The van der Waals surface area contributed by atoms with Crippen LogP contribution in [0.2, 0.25) is 0 Å². The van der Waals surface area contributed by atoms with E-state index in [1.807, 2.05) is 23.1 Å². The molecule has 408 valence electrons. The van der Waals surface area contributed by atoms with Crippen molar-refractivity contribution < 1.29 is 9.15 Å². The van der Waals surface area contributed by atoms with Crippen LogP contribution >= 0.6 is 23.1 Å².